The highest BCUT2D eigenvalue weighted by atomic mass is 32.2. The maximum Gasteiger partial charge on any atom is 0.264 e. The summed E-state index contributed by atoms with van der Waals surface area (Å²) >= 11 is 0. The quantitative estimate of drug-likeness (QED) is 0.381. The van der Waals surface area contributed by atoms with Gasteiger partial charge in [0.2, 0.25) is 11.8 Å². The zero-order valence-corrected chi connectivity index (χ0v) is 25.0. The van der Waals surface area contributed by atoms with E-state index in [9.17, 15) is 22.4 Å². The van der Waals surface area contributed by atoms with Gasteiger partial charge in [-0.05, 0) is 102 Å². The van der Waals surface area contributed by atoms with Gasteiger partial charge in [-0.1, -0.05) is 35.9 Å². The molecule has 214 valence electrons. The van der Waals surface area contributed by atoms with E-state index < -0.39 is 39.9 Å². The van der Waals surface area contributed by atoms with Crippen LogP contribution in [0.2, 0.25) is 0 Å². The lowest BCUT2D eigenvalue weighted by molar-refractivity contribution is -0.140. The summed E-state index contributed by atoms with van der Waals surface area (Å²) in [6.07, 6.45) is 0. The lowest BCUT2D eigenvalue weighted by Gasteiger charge is -2.33. The molecule has 0 saturated carbocycles. The van der Waals surface area contributed by atoms with Crippen LogP contribution in [0.25, 0.3) is 0 Å². The van der Waals surface area contributed by atoms with E-state index in [1.54, 1.807) is 31.2 Å². The predicted molar refractivity (Wildman–Crippen MR) is 156 cm³/mol. The minimum absolute atomic E-state index is 0.0107. The van der Waals surface area contributed by atoms with E-state index in [0.717, 1.165) is 21.0 Å². The molecule has 1 unspecified atom stereocenters. The number of benzene rings is 3. The molecule has 7 nitrogen and oxygen atoms in total. The molecule has 0 aliphatic heterocycles. The molecule has 1 atom stereocenters. The Balaban J connectivity index is 2.06. The Morgan fingerprint density at radius 1 is 0.900 bits per heavy atom. The number of hydrogen-bond donors (Lipinski definition) is 1. The van der Waals surface area contributed by atoms with E-state index in [1.807, 2.05) is 47.6 Å². The number of amides is 2. The van der Waals surface area contributed by atoms with Gasteiger partial charge in [-0.3, -0.25) is 13.9 Å². The van der Waals surface area contributed by atoms with Crippen LogP contribution < -0.4 is 9.62 Å². The van der Waals surface area contributed by atoms with Gasteiger partial charge in [0.05, 0.1) is 10.6 Å². The minimum atomic E-state index is -4.15. The van der Waals surface area contributed by atoms with Gasteiger partial charge >= 0.3 is 0 Å². The molecule has 0 aliphatic carbocycles. The lowest BCUT2D eigenvalue weighted by atomic mass is 10.1. The first-order valence-corrected chi connectivity index (χ1v) is 14.5. The summed E-state index contributed by atoms with van der Waals surface area (Å²) in [4.78, 5) is 28.5. The number of anilines is 1. The fourth-order valence-electron chi connectivity index (χ4n) is 4.09. The van der Waals surface area contributed by atoms with Crippen LogP contribution in [-0.2, 0) is 26.2 Å². The smallest absolute Gasteiger partial charge is 0.264 e. The highest BCUT2D eigenvalue weighted by Crippen LogP contribution is 2.27. The number of sulfonamides is 1. The third-order valence-electron chi connectivity index (χ3n) is 6.60. The monoisotopic (exact) mass is 567 g/mol. The summed E-state index contributed by atoms with van der Waals surface area (Å²) in [5, 5.41) is 2.88. The van der Waals surface area contributed by atoms with E-state index in [4.69, 9.17) is 0 Å². The zero-order valence-electron chi connectivity index (χ0n) is 24.2. The number of carbonyl (C=O) groups is 2. The third kappa shape index (κ3) is 7.69. The molecule has 9 heteroatoms. The molecule has 1 N–H and O–H groups in total. The molecule has 2 amide bonds. The van der Waals surface area contributed by atoms with Crippen LogP contribution in [0.1, 0.15) is 49.9 Å². The van der Waals surface area contributed by atoms with Crippen molar-refractivity contribution in [3.8, 4) is 0 Å². The van der Waals surface area contributed by atoms with Gasteiger partial charge in [0.1, 0.15) is 18.4 Å². The van der Waals surface area contributed by atoms with Gasteiger partial charge in [-0.15, -0.1) is 0 Å². The molecule has 3 aromatic carbocycles. The number of halogens is 1. The van der Waals surface area contributed by atoms with Crippen LogP contribution in [0.15, 0.2) is 71.6 Å². The first-order chi connectivity index (χ1) is 18.6. The fraction of sp³-hybridized carbons (Fsp3) is 0.355. The van der Waals surface area contributed by atoms with E-state index in [0.29, 0.717) is 11.3 Å². The topological polar surface area (TPSA) is 86.8 Å². The second-order valence-electron chi connectivity index (χ2n) is 11.2. The highest BCUT2D eigenvalue weighted by molar-refractivity contribution is 7.92. The maximum atomic E-state index is 14.0. The maximum absolute atomic E-state index is 14.0. The van der Waals surface area contributed by atoms with Gasteiger partial charge < -0.3 is 10.2 Å². The molecule has 0 heterocycles. The van der Waals surface area contributed by atoms with Gasteiger partial charge in [0.15, 0.2) is 0 Å². The van der Waals surface area contributed by atoms with Crippen molar-refractivity contribution in [3.63, 3.8) is 0 Å². The average Bonchev–Trinajstić information content (AvgIpc) is 2.87. The number of hydrogen-bond acceptors (Lipinski definition) is 4. The molecule has 0 spiro atoms. The van der Waals surface area contributed by atoms with Crippen molar-refractivity contribution in [3.05, 3.63) is 94.8 Å². The zero-order chi connectivity index (χ0) is 29.8. The van der Waals surface area contributed by atoms with Crippen LogP contribution in [0, 0.1) is 26.6 Å². The van der Waals surface area contributed by atoms with Crippen LogP contribution in [0.4, 0.5) is 10.1 Å². The van der Waals surface area contributed by atoms with Crippen LogP contribution in [0.5, 0.6) is 0 Å². The first-order valence-electron chi connectivity index (χ1n) is 13.1. The standard InChI is InChI=1S/C31H38FN3O4S/c1-21-8-16-28(17-9-21)40(38,39)35(27-15-10-22(2)23(3)18-27)20-29(36)34(19-25-11-13-26(32)14-12-25)24(4)30(37)33-31(5,6)7/h8-18,24H,19-20H2,1-7H3,(H,33,37). The lowest BCUT2D eigenvalue weighted by Crippen LogP contribution is -2.54. The van der Waals surface area contributed by atoms with Crippen molar-refractivity contribution in [2.75, 3.05) is 10.8 Å². The van der Waals surface area contributed by atoms with Gasteiger partial charge in [0.25, 0.3) is 10.0 Å². The number of rotatable bonds is 9. The summed E-state index contributed by atoms with van der Waals surface area (Å²) in [5.41, 5.74) is 3.14. The molecule has 3 rings (SSSR count). The number of carbonyl (C=O) groups excluding carboxylic acids is 2. The Morgan fingerprint density at radius 2 is 1.50 bits per heavy atom. The Hall–Kier alpha value is -3.72. The Morgan fingerprint density at radius 3 is 2.05 bits per heavy atom. The van der Waals surface area contributed by atoms with Crippen LogP contribution in [-0.4, -0.2) is 43.3 Å². The van der Waals surface area contributed by atoms with Crippen molar-refractivity contribution in [1.29, 1.82) is 0 Å². The summed E-state index contributed by atoms with van der Waals surface area (Å²) in [7, 11) is -4.15. The van der Waals surface area contributed by atoms with Gasteiger partial charge in [-0.25, -0.2) is 12.8 Å². The molecule has 3 aromatic rings. The second-order valence-corrected chi connectivity index (χ2v) is 13.0. The molecule has 40 heavy (non-hydrogen) atoms. The molecule has 0 aromatic heterocycles. The Kier molecular flexibility index (Phi) is 9.40. The van der Waals surface area contributed by atoms with Crippen molar-refractivity contribution in [2.45, 2.75) is 71.5 Å². The minimum Gasteiger partial charge on any atom is -0.350 e. The van der Waals surface area contributed by atoms with Gasteiger partial charge in [-0.2, -0.15) is 0 Å². The number of nitrogens with one attached hydrogen (secondary N) is 1. The number of nitrogens with zero attached hydrogens (tertiary/aromatic N) is 2. The SMILES string of the molecule is Cc1ccc(S(=O)(=O)N(CC(=O)N(Cc2ccc(F)cc2)C(C)C(=O)NC(C)(C)C)c2ccc(C)c(C)c2)cc1. The number of aryl methyl sites for hydroxylation is 3. The predicted octanol–water partition coefficient (Wildman–Crippen LogP) is 5.28. The molecule has 0 aliphatic rings. The molecule has 0 bridgehead atoms. The van der Waals surface area contributed by atoms with Gasteiger partial charge in [0, 0.05) is 12.1 Å². The fourth-order valence-corrected chi connectivity index (χ4v) is 5.50. The largest absolute Gasteiger partial charge is 0.350 e. The summed E-state index contributed by atoms with van der Waals surface area (Å²) in [6.45, 7) is 12.2. The Labute approximate surface area is 237 Å². The average molecular weight is 568 g/mol. The van der Waals surface area contributed by atoms with Crippen molar-refractivity contribution >= 4 is 27.5 Å². The molecular formula is C31H38FN3O4S. The molecule has 0 radical (unpaired) electrons. The van der Waals surface area contributed by atoms with Crippen LogP contribution >= 0.6 is 0 Å². The third-order valence-corrected chi connectivity index (χ3v) is 8.39. The van der Waals surface area contributed by atoms with Crippen molar-refractivity contribution in [2.24, 2.45) is 0 Å². The summed E-state index contributed by atoms with van der Waals surface area (Å²) in [6, 6.07) is 16.3. The highest BCUT2D eigenvalue weighted by Gasteiger charge is 2.33. The summed E-state index contributed by atoms with van der Waals surface area (Å²) in [5.74, 6) is -1.39. The van der Waals surface area contributed by atoms with Crippen LogP contribution in [0.3, 0.4) is 0 Å². The van der Waals surface area contributed by atoms with E-state index in [1.165, 1.54) is 41.3 Å². The Bertz CT molecular complexity index is 1460. The van der Waals surface area contributed by atoms with Crippen molar-refractivity contribution < 1.29 is 22.4 Å². The van der Waals surface area contributed by atoms with E-state index in [2.05, 4.69) is 5.32 Å². The first kappa shape index (κ1) is 30.8. The van der Waals surface area contributed by atoms with E-state index >= 15 is 0 Å². The molecule has 0 saturated heterocycles. The molecular weight excluding hydrogens is 529 g/mol. The van der Waals surface area contributed by atoms with E-state index in [-0.39, 0.29) is 17.3 Å². The molecule has 0 fully saturated rings. The normalized spacial score (nSPS) is 12.5. The second kappa shape index (κ2) is 12.2. The summed E-state index contributed by atoms with van der Waals surface area (Å²) < 4.78 is 42.5. The van der Waals surface area contributed by atoms with Crippen molar-refractivity contribution in [1.82, 2.24) is 10.2 Å².